The van der Waals surface area contributed by atoms with Crippen LogP contribution in [-0.2, 0) is 0 Å². The molecule has 0 radical (unpaired) electrons. The summed E-state index contributed by atoms with van der Waals surface area (Å²) < 4.78 is 0. The molecule has 1 rings (SSSR count). The van der Waals surface area contributed by atoms with Gasteiger partial charge in [-0.05, 0) is 18.8 Å². The number of anilines is 1. The van der Waals surface area contributed by atoms with Gasteiger partial charge in [-0.3, -0.25) is 10.1 Å². The smallest absolute Gasteiger partial charge is 0.342 e. The first-order chi connectivity index (χ1) is 9.99. The Balaban J connectivity index is 2.82. The van der Waals surface area contributed by atoms with E-state index < -0.39 is 22.1 Å². The van der Waals surface area contributed by atoms with Crippen LogP contribution in [0.25, 0.3) is 0 Å². The Hall–Kier alpha value is -2.22. The maximum atomic E-state index is 11.0. The summed E-state index contributed by atoms with van der Waals surface area (Å²) in [6, 6.07) is 1.16. The van der Waals surface area contributed by atoms with Crippen molar-refractivity contribution in [3.8, 4) is 0 Å². The van der Waals surface area contributed by atoms with Gasteiger partial charge in [-0.1, -0.05) is 13.3 Å². The molecule has 1 atom stereocenters. The summed E-state index contributed by atoms with van der Waals surface area (Å²) in [6.07, 6.45) is 3.47. The molecule has 0 aliphatic rings. The van der Waals surface area contributed by atoms with Gasteiger partial charge in [0, 0.05) is 19.2 Å². The van der Waals surface area contributed by atoms with Crippen molar-refractivity contribution in [2.24, 2.45) is 5.92 Å². The second kappa shape index (κ2) is 8.15. The Kier molecular flexibility index (Phi) is 6.54. The van der Waals surface area contributed by atoms with E-state index in [1.54, 1.807) is 0 Å². The fourth-order valence-corrected chi connectivity index (χ4v) is 2.05. The van der Waals surface area contributed by atoms with Gasteiger partial charge in [0.1, 0.15) is 17.6 Å². The quantitative estimate of drug-likeness (QED) is 0.469. The van der Waals surface area contributed by atoms with E-state index in [1.807, 2.05) is 6.92 Å². The molecule has 8 nitrogen and oxygen atoms in total. The van der Waals surface area contributed by atoms with Crippen molar-refractivity contribution in [1.29, 1.82) is 0 Å². The number of aliphatic hydroxyl groups is 1. The highest BCUT2D eigenvalue weighted by Crippen LogP contribution is 2.21. The predicted molar refractivity (Wildman–Crippen MR) is 76.4 cm³/mol. The van der Waals surface area contributed by atoms with Crippen LogP contribution in [0.4, 0.5) is 11.5 Å². The molecule has 0 amide bonds. The Morgan fingerprint density at radius 1 is 1.52 bits per heavy atom. The van der Waals surface area contributed by atoms with Crippen molar-refractivity contribution in [3.63, 3.8) is 0 Å². The Morgan fingerprint density at radius 2 is 2.24 bits per heavy atom. The molecule has 0 spiro atoms. The fourth-order valence-electron chi connectivity index (χ4n) is 2.05. The monoisotopic (exact) mass is 297 g/mol. The van der Waals surface area contributed by atoms with Gasteiger partial charge >= 0.3 is 11.7 Å². The number of aromatic carboxylic acids is 1. The summed E-state index contributed by atoms with van der Waals surface area (Å²) in [5, 5.41) is 31.7. The lowest BCUT2D eigenvalue weighted by molar-refractivity contribution is -0.385. The van der Waals surface area contributed by atoms with Gasteiger partial charge in [-0.15, -0.1) is 0 Å². The van der Waals surface area contributed by atoms with E-state index in [2.05, 4.69) is 10.3 Å². The molecule has 3 N–H and O–H groups in total. The van der Waals surface area contributed by atoms with Crippen LogP contribution < -0.4 is 5.32 Å². The second-order valence-electron chi connectivity index (χ2n) is 4.70. The molecule has 8 heteroatoms. The molecule has 0 bridgehead atoms. The molecule has 0 aliphatic carbocycles. The predicted octanol–water partition coefficient (Wildman–Crippen LogP) is 1.90. The Labute approximate surface area is 122 Å². The molecule has 116 valence electrons. The van der Waals surface area contributed by atoms with Crippen molar-refractivity contribution >= 4 is 17.5 Å². The van der Waals surface area contributed by atoms with Gasteiger partial charge in [0.2, 0.25) is 0 Å². The van der Waals surface area contributed by atoms with Crippen molar-refractivity contribution in [3.05, 3.63) is 27.9 Å². The van der Waals surface area contributed by atoms with E-state index in [-0.39, 0.29) is 18.3 Å². The first-order valence-corrected chi connectivity index (χ1v) is 6.72. The number of aliphatic hydroxyl groups excluding tert-OH is 1. The number of carbonyl (C=O) groups is 1. The van der Waals surface area contributed by atoms with E-state index in [9.17, 15) is 14.9 Å². The van der Waals surface area contributed by atoms with Crippen LogP contribution in [0.15, 0.2) is 12.3 Å². The zero-order chi connectivity index (χ0) is 15.8. The number of carboxylic acids is 1. The van der Waals surface area contributed by atoms with Crippen molar-refractivity contribution < 1.29 is 19.9 Å². The van der Waals surface area contributed by atoms with E-state index in [0.717, 1.165) is 25.1 Å². The minimum Gasteiger partial charge on any atom is -0.477 e. The fraction of sp³-hybridized carbons (Fsp3) is 0.538. The third kappa shape index (κ3) is 4.99. The summed E-state index contributed by atoms with van der Waals surface area (Å²) in [6.45, 7) is 2.65. The molecule has 0 fully saturated rings. The summed E-state index contributed by atoms with van der Waals surface area (Å²) in [5.74, 6) is -0.852. The SMILES string of the molecule is CCCC(CCO)CNc1cc(C(=O)O)c([N+](=O)[O-])cn1. The lowest BCUT2D eigenvalue weighted by Crippen LogP contribution is -2.17. The Morgan fingerprint density at radius 3 is 2.76 bits per heavy atom. The molecule has 0 saturated heterocycles. The zero-order valence-corrected chi connectivity index (χ0v) is 11.8. The van der Waals surface area contributed by atoms with Gasteiger partial charge in [0.25, 0.3) is 0 Å². The first-order valence-electron chi connectivity index (χ1n) is 6.72. The third-order valence-electron chi connectivity index (χ3n) is 3.12. The summed E-state index contributed by atoms with van der Waals surface area (Å²) >= 11 is 0. The van der Waals surface area contributed by atoms with Crippen LogP contribution in [0, 0.1) is 16.0 Å². The number of nitrogens with one attached hydrogen (secondary N) is 1. The lowest BCUT2D eigenvalue weighted by Gasteiger charge is -2.16. The number of nitrogens with zero attached hydrogens (tertiary/aromatic N) is 2. The number of hydrogen-bond donors (Lipinski definition) is 3. The van der Waals surface area contributed by atoms with Crippen molar-refractivity contribution in [1.82, 2.24) is 4.98 Å². The van der Waals surface area contributed by atoms with Crippen LogP contribution in [0.5, 0.6) is 0 Å². The van der Waals surface area contributed by atoms with Crippen LogP contribution in [0.1, 0.15) is 36.5 Å². The van der Waals surface area contributed by atoms with Crippen LogP contribution in [0.2, 0.25) is 0 Å². The maximum absolute atomic E-state index is 11.0. The summed E-state index contributed by atoms with van der Waals surface area (Å²) in [4.78, 5) is 24.8. The highest BCUT2D eigenvalue weighted by Gasteiger charge is 2.21. The zero-order valence-electron chi connectivity index (χ0n) is 11.8. The van der Waals surface area contributed by atoms with Gasteiger partial charge in [0.15, 0.2) is 0 Å². The molecule has 0 aliphatic heterocycles. The topological polar surface area (TPSA) is 126 Å². The number of carboxylic acid groups (broad SMARTS) is 1. The third-order valence-corrected chi connectivity index (χ3v) is 3.12. The number of rotatable bonds is 9. The second-order valence-corrected chi connectivity index (χ2v) is 4.70. The number of aromatic nitrogens is 1. The minimum absolute atomic E-state index is 0.0837. The van der Waals surface area contributed by atoms with Crippen LogP contribution in [-0.4, -0.2) is 39.2 Å². The van der Waals surface area contributed by atoms with Crippen LogP contribution >= 0.6 is 0 Å². The Bertz CT molecular complexity index is 501. The normalized spacial score (nSPS) is 11.9. The molecule has 1 aromatic heterocycles. The van der Waals surface area contributed by atoms with Gasteiger partial charge in [-0.25, -0.2) is 9.78 Å². The highest BCUT2D eigenvalue weighted by molar-refractivity contribution is 5.93. The lowest BCUT2D eigenvalue weighted by atomic mass is 10.0. The van der Waals surface area contributed by atoms with E-state index >= 15 is 0 Å². The average molecular weight is 297 g/mol. The molecule has 1 unspecified atom stereocenters. The molecule has 21 heavy (non-hydrogen) atoms. The highest BCUT2D eigenvalue weighted by atomic mass is 16.6. The average Bonchev–Trinajstić information content (AvgIpc) is 2.44. The van der Waals surface area contributed by atoms with E-state index in [4.69, 9.17) is 10.2 Å². The molecule has 0 saturated carbocycles. The number of pyridine rings is 1. The van der Waals surface area contributed by atoms with Crippen molar-refractivity contribution in [2.75, 3.05) is 18.5 Å². The minimum atomic E-state index is -1.37. The van der Waals surface area contributed by atoms with Crippen LogP contribution in [0.3, 0.4) is 0 Å². The maximum Gasteiger partial charge on any atom is 0.342 e. The van der Waals surface area contributed by atoms with E-state index in [0.29, 0.717) is 13.0 Å². The van der Waals surface area contributed by atoms with Gasteiger partial charge in [-0.2, -0.15) is 0 Å². The van der Waals surface area contributed by atoms with Gasteiger partial charge < -0.3 is 15.5 Å². The summed E-state index contributed by atoms with van der Waals surface area (Å²) in [5.41, 5.74) is -0.930. The van der Waals surface area contributed by atoms with Crippen molar-refractivity contribution in [2.45, 2.75) is 26.2 Å². The largest absolute Gasteiger partial charge is 0.477 e. The molecule has 1 aromatic rings. The summed E-state index contributed by atoms with van der Waals surface area (Å²) in [7, 11) is 0. The number of nitro groups is 1. The molecular formula is C13H19N3O5. The molecular weight excluding hydrogens is 278 g/mol. The van der Waals surface area contributed by atoms with E-state index in [1.165, 1.54) is 0 Å². The number of hydrogen-bond acceptors (Lipinski definition) is 6. The molecule has 1 heterocycles. The molecule has 0 aromatic carbocycles. The standard InChI is InChI=1S/C13H19N3O5/c1-2-3-9(4-5-17)7-14-12-6-10(13(18)19)11(8-15-12)16(20)21/h6,8-9,17H,2-5,7H2,1H3,(H,14,15)(H,18,19). The first kappa shape index (κ1) is 16.8. The van der Waals surface area contributed by atoms with Gasteiger partial charge in [0.05, 0.1) is 4.92 Å².